The molecule has 0 aliphatic heterocycles. The van der Waals surface area contributed by atoms with Crippen molar-refractivity contribution in [2.24, 2.45) is 0 Å². The van der Waals surface area contributed by atoms with E-state index in [0.717, 1.165) is 17.5 Å². The molecule has 0 saturated carbocycles. The number of aryl methyl sites for hydroxylation is 1. The second kappa shape index (κ2) is 5.79. The monoisotopic (exact) mass is 279 g/mol. The van der Waals surface area contributed by atoms with Crippen LogP contribution in [0, 0.1) is 5.82 Å². The Morgan fingerprint density at radius 2 is 2.32 bits per heavy atom. The van der Waals surface area contributed by atoms with Gasteiger partial charge >= 0.3 is 0 Å². The van der Waals surface area contributed by atoms with Gasteiger partial charge in [-0.2, -0.15) is 0 Å². The molecule has 0 fully saturated rings. The molecule has 0 aliphatic carbocycles. The number of hydrogen-bond donors (Lipinski definition) is 2. The van der Waals surface area contributed by atoms with E-state index >= 15 is 0 Å². The largest absolute Gasteiger partial charge is 0.398 e. The van der Waals surface area contributed by atoms with Crippen LogP contribution >= 0.6 is 11.3 Å². The van der Waals surface area contributed by atoms with Crippen LogP contribution in [0.5, 0.6) is 0 Å². The normalized spacial score (nSPS) is 10.4. The zero-order valence-corrected chi connectivity index (χ0v) is 11.3. The Morgan fingerprint density at radius 1 is 1.53 bits per heavy atom. The van der Waals surface area contributed by atoms with Crippen molar-refractivity contribution in [1.29, 1.82) is 0 Å². The van der Waals surface area contributed by atoms with Gasteiger partial charge in [-0.05, 0) is 24.6 Å². The number of nitrogens with zero attached hydrogens (tertiary/aromatic N) is 1. The molecule has 0 aliphatic rings. The first-order valence-electron chi connectivity index (χ1n) is 5.87. The second-order valence-electron chi connectivity index (χ2n) is 3.99. The number of halogens is 1. The minimum Gasteiger partial charge on any atom is -0.398 e. The van der Waals surface area contributed by atoms with Gasteiger partial charge in [0, 0.05) is 16.8 Å². The second-order valence-corrected chi connectivity index (χ2v) is 5.19. The van der Waals surface area contributed by atoms with Gasteiger partial charge in [-0.15, -0.1) is 11.3 Å². The maximum atomic E-state index is 12.9. The van der Waals surface area contributed by atoms with Crippen LogP contribution in [0.25, 0.3) is 0 Å². The van der Waals surface area contributed by atoms with E-state index in [2.05, 4.69) is 17.2 Å². The number of nitrogen functional groups attached to an aromatic ring is 1. The minimum absolute atomic E-state index is 0.130. The first-order chi connectivity index (χ1) is 9.10. The average molecular weight is 279 g/mol. The molecular weight excluding hydrogens is 265 g/mol. The predicted octanol–water partition coefficient (Wildman–Crippen LogP) is 2.36. The van der Waals surface area contributed by atoms with Crippen LogP contribution in [-0.2, 0) is 13.0 Å². The predicted molar refractivity (Wildman–Crippen MR) is 73.5 cm³/mol. The highest BCUT2D eigenvalue weighted by atomic mass is 32.1. The number of amides is 1. The third-order valence-electron chi connectivity index (χ3n) is 2.61. The van der Waals surface area contributed by atoms with Gasteiger partial charge in [0.25, 0.3) is 5.91 Å². The first kappa shape index (κ1) is 13.5. The molecule has 100 valence electrons. The molecule has 1 aromatic carbocycles. The molecule has 1 heterocycles. The fraction of sp³-hybridized carbons (Fsp3) is 0.231. The van der Waals surface area contributed by atoms with E-state index in [1.807, 2.05) is 0 Å². The summed E-state index contributed by atoms with van der Waals surface area (Å²) in [4.78, 5) is 17.3. The highest BCUT2D eigenvalue weighted by molar-refractivity contribution is 7.11. The number of anilines is 1. The van der Waals surface area contributed by atoms with E-state index in [1.54, 1.807) is 17.5 Å². The Balaban J connectivity index is 2.01. The van der Waals surface area contributed by atoms with Crippen LogP contribution in [-0.4, -0.2) is 10.9 Å². The Kier molecular flexibility index (Phi) is 4.11. The van der Waals surface area contributed by atoms with Crippen molar-refractivity contribution in [1.82, 2.24) is 10.3 Å². The van der Waals surface area contributed by atoms with Crippen molar-refractivity contribution in [2.75, 3.05) is 5.73 Å². The van der Waals surface area contributed by atoms with Gasteiger partial charge in [0.1, 0.15) is 10.8 Å². The summed E-state index contributed by atoms with van der Waals surface area (Å²) in [6.07, 6.45) is 2.73. The van der Waals surface area contributed by atoms with Crippen LogP contribution in [0.2, 0.25) is 0 Å². The number of hydrogen-bond acceptors (Lipinski definition) is 4. The topological polar surface area (TPSA) is 68.0 Å². The van der Waals surface area contributed by atoms with Crippen molar-refractivity contribution in [2.45, 2.75) is 19.9 Å². The molecule has 0 bridgehead atoms. The van der Waals surface area contributed by atoms with Crippen molar-refractivity contribution < 1.29 is 9.18 Å². The van der Waals surface area contributed by atoms with Crippen molar-refractivity contribution in [3.63, 3.8) is 0 Å². The standard InChI is InChI=1S/C13H14FN3OS/c1-2-9-6-16-12(19-9)7-17-13(18)10-4-3-8(14)5-11(10)15/h3-6H,2,7,15H2,1H3,(H,17,18). The quantitative estimate of drug-likeness (QED) is 0.844. The lowest BCUT2D eigenvalue weighted by atomic mass is 10.1. The molecule has 0 saturated heterocycles. The summed E-state index contributed by atoms with van der Waals surface area (Å²) < 4.78 is 12.9. The van der Waals surface area contributed by atoms with Gasteiger partial charge in [0.05, 0.1) is 12.1 Å². The minimum atomic E-state index is -0.457. The zero-order chi connectivity index (χ0) is 13.8. The number of benzene rings is 1. The van der Waals surface area contributed by atoms with E-state index < -0.39 is 5.82 Å². The van der Waals surface area contributed by atoms with E-state index in [9.17, 15) is 9.18 Å². The summed E-state index contributed by atoms with van der Waals surface area (Å²) in [5, 5.41) is 3.56. The van der Waals surface area contributed by atoms with Gasteiger partial charge in [-0.3, -0.25) is 4.79 Å². The first-order valence-corrected chi connectivity index (χ1v) is 6.68. The Labute approximate surface area is 114 Å². The summed E-state index contributed by atoms with van der Waals surface area (Å²) in [7, 11) is 0. The molecule has 2 aromatic rings. The number of nitrogens with one attached hydrogen (secondary N) is 1. The number of nitrogens with two attached hydrogens (primary N) is 1. The SMILES string of the molecule is CCc1cnc(CNC(=O)c2ccc(F)cc2N)s1. The van der Waals surface area contributed by atoms with Crippen LogP contribution in [0.4, 0.5) is 10.1 Å². The van der Waals surface area contributed by atoms with E-state index in [0.29, 0.717) is 6.54 Å². The summed E-state index contributed by atoms with van der Waals surface area (Å²) in [6, 6.07) is 3.72. The highest BCUT2D eigenvalue weighted by Crippen LogP contribution is 2.15. The maximum Gasteiger partial charge on any atom is 0.253 e. The van der Waals surface area contributed by atoms with Gasteiger partial charge in [0.15, 0.2) is 0 Å². The van der Waals surface area contributed by atoms with Crippen molar-refractivity contribution in [3.8, 4) is 0 Å². The average Bonchev–Trinajstić information content (AvgIpc) is 2.84. The summed E-state index contributed by atoms with van der Waals surface area (Å²) in [5.41, 5.74) is 6.01. The smallest absolute Gasteiger partial charge is 0.253 e. The van der Waals surface area contributed by atoms with Crippen LogP contribution in [0.1, 0.15) is 27.2 Å². The molecule has 4 nitrogen and oxygen atoms in total. The molecule has 6 heteroatoms. The molecular formula is C13H14FN3OS. The lowest BCUT2D eigenvalue weighted by Gasteiger charge is -2.06. The maximum absolute atomic E-state index is 12.9. The molecule has 3 N–H and O–H groups in total. The lowest BCUT2D eigenvalue weighted by molar-refractivity contribution is 0.0951. The number of thiazole rings is 1. The zero-order valence-electron chi connectivity index (χ0n) is 10.4. The highest BCUT2D eigenvalue weighted by Gasteiger charge is 2.10. The van der Waals surface area contributed by atoms with Crippen molar-refractivity contribution >= 4 is 22.9 Å². The fourth-order valence-electron chi connectivity index (χ4n) is 1.58. The van der Waals surface area contributed by atoms with Gasteiger partial charge in [-0.25, -0.2) is 9.37 Å². The number of carbonyl (C=O) groups excluding carboxylic acids is 1. The van der Waals surface area contributed by atoms with Crippen LogP contribution in [0.15, 0.2) is 24.4 Å². The summed E-state index contributed by atoms with van der Waals surface area (Å²) in [5.74, 6) is -0.785. The van der Waals surface area contributed by atoms with E-state index in [4.69, 9.17) is 5.73 Å². The fourth-order valence-corrected chi connectivity index (χ4v) is 2.39. The molecule has 0 spiro atoms. The third-order valence-corrected chi connectivity index (χ3v) is 3.75. The molecule has 1 aromatic heterocycles. The summed E-state index contributed by atoms with van der Waals surface area (Å²) >= 11 is 1.56. The molecule has 19 heavy (non-hydrogen) atoms. The van der Waals surface area contributed by atoms with E-state index in [1.165, 1.54) is 17.0 Å². The number of carbonyl (C=O) groups is 1. The molecule has 0 atom stereocenters. The Bertz CT molecular complexity index is 597. The third kappa shape index (κ3) is 3.29. The Hall–Kier alpha value is -1.95. The van der Waals surface area contributed by atoms with Crippen LogP contribution in [0.3, 0.4) is 0 Å². The molecule has 1 amide bonds. The molecule has 0 radical (unpaired) electrons. The van der Waals surface area contributed by atoms with Crippen LogP contribution < -0.4 is 11.1 Å². The Morgan fingerprint density at radius 3 is 2.95 bits per heavy atom. The lowest BCUT2D eigenvalue weighted by Crippen LogP contribution is -2.23. The van der Waals surface area contributed by atoms with Gasteiger partial charge in [-0.1, -0.05) is 6.92 Å². The van der Waals surface area contributed by atoms with Gasteiger partial charge in [0.2, 0.25) is 0 Å². The van der Waals surface area contributed by atoms with Gasteiger partial charge < -0.3 is 11.1 Å². The van der Waals surface area contributed by atoms with Crippen molar-refractivity contribution in [3.05, 3.63) is 45.7 Å². The summed E-state index contributed by atoms with van der Waals surface area (Å²) in [6.45, 7) is 2.40. The molecule has 0 unspecified atom stereocenters. The van der Waals surface area contributed by atoms with E-state index in [-0.39, 0.29) is 17.2 Å². The number of aromatic nitrogens is 1. The number of rotatable bonds is 4. The molecule has 2 rings (SSSR count).